The Labute approximate surface area is 122 Å². The van der Waals surface area contributed by atoms with E-state index in [1.165, 1.54) is 96.6 Å². The summed E-state index contributed by atoms with van der Waals surface area (Å²) in [7, 11) is 0. The third kappa shape index (κ3) is 7.97. The number of rotatable bonds is 12. The molecule has 0 spiro atoms. The average Bonchev–Trinajstić information content (AvgIpc) is 2.95. The predicted molar refractivity (Wildman–Crippen MR) is 86.7 cm³/mol. The van der Waals surface area contributed by atoms with E-state index < -0.39 is 0 Å². The van der Waals surface area contributed by atoms with Crippen molar-refractivity contribution in [2.45, 2.75) is 103 Å². The van der Waals surface area contributed by atoms with Crippen LogP contribution in [0, 0.1) is 0 Å². The lowest BCUT2D eigenvalue weighted by Gasteiger charge is -2.27. The van der Waals surface area contributed by atoms with E-state index in [9.17, 15) is 0 Å². The Bertz CT molecular complexity index is 184. The fraction of sp³-hybridized carbons (Fsp3) is 1.00. The molecule has 0 aliphatic carbocycles. The zero-order chi connectivity index (χ0) is 13.8. The van der Waals surface area contributed by atoms with E-state index >= 15 is 0 Å². The monoisotopic (exact) mass is 267 g/mol. The average molecular weight is 268 g/mol. The van der Waals surface area contributed by atoms with Gasteiger partial charge in [-0.05, 0) is 38.8 Å². The number of hydrogen-bond acceptors (Lipinski definition) is 1. The molecule has 1 fully saturated rings. The minimum Gasteiger partial charge on any atom is -0.300 e. The van der Waals surface area contributed by atoms with Crippen LogP contribution in [0.1, 0.15) is 97.3 Å². The second kappa shape index (κ2) is 11.8. The van der Waals surface area contributed by atoms with Gasteiger partial charge in [0.05, 0.1) is 0 Å². The number of hydrogen-bond donors (Lipinski definition) is 0. The van der Waals surface area contributed by atoms with Crippen molar-refractivity contribution in [1.29, 1.82) is 0 Å². The van der Waals surface area contributed by atoms with Gasteiger partial charge in [0.25, 0.3) is 0 Å². The van der Waals surface area contributed by atoms with Crippen molar-refractivity contribution < 1.29 is 0 Å². The molecular weight excluding hydrogens is 230 g/mol. The molecule has 0 N–H and O–H groups in total. The molecule has 1 rings (SSSR count). The lowest BCUT2D eigenvalue weighted by molar-refractivity contribution is 0.209. The molecule has 0 saturated carbocycles. The smallest absolute Gasteiger partial charge is 0.00952 e. The molecule has 0 aromatic rings. The number of likely N-dealkylation sites (tertiary alicyclic amines) is 1. The zero-order valence-corrected chi connectivity index (χ0v) is 13.6. The molecule has 0 aromatic heterocycles. The van der Waals surface area contributed by atoms with Crippen LogP contribution in [0.5, 0.6) is 0 Å². The summed E-state index contributed by atoms with van der Waals surface area (Å²) in [6.07, 6.45) is 18.7. The van der Waals surface area contributed by atoms with Crippen molar-refractivity contribution in [3.63, 3.8) is 0 Å². The molecule has 1 saturated heterocycles. The van der Waals surface area contributed by atoms with E-state index in [1.807, 2.05) is 0 Å². The summed E-state index contributed by atoms with van der Waals surface area (Å²) in [6, 6.07) is 0.918. The summed E-state index contributed by atoms with van der Waals surface area (Å²) in [5.74, 6) is 0. The maximum absolute atomic E-state index is 2.80. The van der Waals surface area contributed by atoms with Crippen molar-refractivity contribution in [2.75, 3.05) is 13.1 Å². The molecule has 0 amide bonds. The van der Waals surface area contributed by atoms with Crippen molar-refractivity contribution in [1.82, 2.24) is 4.90 Å². The van der Waals surface area contributed by atoms with E-state index in [0.29, 0.717) is 0 Å². The fourth-order valence-corrected chi connectivity index (χ4v) is 3.41. The first-order valence-corrected chi connectivity index (χ1v) is 9.12. The van der Waals surface area contributed by atoms with Crippen molar-refractivity contribution in [3.8, 4) is 0 Å². The van der Waals surface area contributed by atoms with Gasteiger partial charge < -0.3 is 4.90 Å². The summed E-state index contributed by atoms with van der Waals surface area (Å²) >= 11 is 0. The van der Waals surface area contributed by atoms with Gasteiger partial charge in [0.15, 0.2) is 0 Å². The Kier molecular flexibility index (Phi) is 10.5. The van der Waals surface area contributed by atoms with E-state index in [0.717, 1.165) is 6.04 Å². The first-order chi connectivity index (χ1) is 9.38. The molecule has 1 aliphatic heterocycles. The second-order valence-electron chi connectivity index (χ2n) is 6.45. The molecule has 114 valence electrons. The van der Waals surface area contributed by atoms with Gasteiger partial charge in [0, 0.05) is 6.04 Å². The molecule has 1 unspecified atom stereocenters. The van der Waals surface area contributed by atoms with Crippen molar-refractivity contribution in [3.05, 3.63) is 0 Å². The molecular formula is C18H37N. The minimum atomic E-state index is 0.918. The molecule has 1 heteroatoms. The van der Waals surface area contributed by atoms with Gasteiger partial charge in [-0.2, -0.15) is 0 Å². The van der Waals surface area contributed by atoms with Crippen LogP contribution in [0.2, 0.25) is 0 Å². The van der Waals surface area contributed by atoms with Crippen LogP contribution < -0.4 is 0 Å². The van der Waals surface area contributed by atoms with Crippen LogP contribution in [0.25, 0.3) is 0 Å². The maximum atomic E-state index is 2.80. The zero-order valence-electron chi connectivity index (χ0n) is 13.6. The summed E-state index contributed by atoms with van der Waals surface area (Å²) < 4.78 is 0. The predicted octanol–water partition coefficient (Wildman–Crippen LogP) is 5.78. The molecule has 1 atom stereocenters. The van der Waals surface area contributed by atoms with Crippen molar-refractivity contribution in [2.24, 2.45) is 0 Å². The van der Waals surface area contributed by atoms with Gasteiger partial charge in [0.1, 0.15) is 0 Å². The highest BCUT2D eigenvalue weighted by molar-refractivity contribution is 4.76. The Morgan fingerprint density at radius 2 is 1.16 bits per heavy atom. The highest BCUT2D eigenvalue weighted by atomic mass is 15.2. The largest absolute Gasteiger partial charge is 0.300 e. The quantitative estimate of drug-likeness (QED) is 0.405. The highest BCUT2D eigenvalue weighted by Crippen LogP contribution is 2.21. The van der Waals surface area contributed by atoms with Gasteiger partial charge in [-0.15, -0.1) is 0 Å². The Balaban J connectivity index is 2.16. The Morgan fingerprint density at radius 3 is 1.68 bits per heavy atom. The summed E-state index contributed by atoms with van der Waals surface area (Å²) in [5, 5.41) is 0. The molecule has 0 aromatic carbocycles. The summed E-state index contributed by atoms with van der Waals surface area (Å²) in [4.78, 5) is 2.80. The summed E-state index contributed by atoms with van der Waals surface area (Å²) in [5.41, 5.74) is 0. The van der Waals surface area contributed by atoms with E-state index in [4.69, 9.17) is 0 Å². The van der Waals surface area contributed by atoms with Crippen LogP contribution in [-0.4, -0.2) is 24.0 Å². The molecule has 0 radical (unpaired) electrons. The maximum Gasteiger partial charge on any atom is 0.00952 e. The Hall–Kier alpha value is -0.0400. The molecule has 0 bridgehead atoms. The lowest BCUT2D eigenvalue weighted by Crippen LogP contribution is -2.32. The first-order valence-electron chi connectivity index (χ1n) is 9.12. The van der Waals surface area contributed by atoms with Gasteiger partial charge in [-0.1, -0.05) is 71.6 Å². The van der Waals surface area contributed by atoms with Crippen LogP contribution in [0.3, 0.4) is 0 Å². The number of nitrogens with zero attached hydrogens (tertiary/aromatic N) is 1. The SMILES string of the molecule is CCCCCCCC(CCCCCC)N1CCCC1. The third-order valence-electron chi connectivity index (χ3n) is 4.69. The van der Waals surface area contributed by atoms with E-state index in [1.54, 1.807) is 0 Å². The number of unbranched alkanes of at least 4 members (excludes halogenated alkanes) is 7. The second-order valence-corrected chi connectivity index (χ2v) is 6.45. The minimum absolute atomic E-state index is 0.918. The van der Waals surface area contributed by atoms with Crippen LogP contribution in [0.4, 0.5) is 0 Å². The standard InChI is InChI=1S/C18H37N/c1-3-5-7-9-11-15-18(14-10-8-6-4-2)19-16-12-13-17-19/h18H,3-17H2,1-2H3. The Morgan fingerprint density at radius 1 is 0.684 bits per heavy atom. The van der Waals surface area contributed by atoms with Crippen LogP contribution >= 0.6 is 0 Å². The van der Waals surface area contributed by atoms with Gasteiger partial charge in [0.2, 0.25) is 0 Å². The highest BCUT2D eigenvalue weighted by Gasteiger charge is 2.20. The van der Waals surface area contributed by atoms with Gasteiger partial charge in [-0.25, -0.2) is 0 Å². The van der Waals surface area contributed by atoms with Crippen LogP contribution in [0.15, 0.2) is 0 Å². The third-order valence-corrected chi connectivity index (χ3v) is 4.69. The normalized spacial score (nSPS) is 18.0. The first kappa shape index (κ1) is 17.0. The van der Waals surface area contributed by atoms with E-state index in [2.05, 4.69) is 18.7 Å². The fourth-order valence-electron chi connectivity index (χ4n) is 3.41. The topological polar surface area (TPSA) is 3.24 Å². The van der Waals surface area contributed by atoms with Crippen molar-refractivity contribution >= 4 is 0 Å². The van der Waals surface area contributed by atoms with Crippen LogP contribution in [-0.2, 0) is 0 Å². The molecule has 1 aliphatic rings. The van der Waals surface area contributed by atoms with Gasteiger partial charge >= 0.3 is 0 Å². The molecule has 19 heavy (non-hydrogen) atoms. The molecule has 1 nitrogen and oxygen atoms in total. The summed E-state index contributed by atoms with van der Waals surface area (Å²) in [6.45, 7) is 7.38. The van der Waals surface area contributed by atoms with E-state index in [-0.39, 0.29) is 0 Å². The molecule has 1 heterocycles. The van der Waals surface area contributed by atoms with Gasteiger partial charge in [-0.3, -0.25) is 0 Å². The lowest BCUT2D eigenvalue weighted by atomic mass is 9.99.